The molecule has 1 amide bonds. The van der Waals surface area contributed by atoms with E-state index in [1.165, 1.54) is 5.01 Å². The van der Waals surface area contributed by atoms with Crippen molar-refractivity contribution in [2.24, 2.45) is 10.8 Å². The Bertz CT molecular complexity index is 763. The molecule has 2 aromatic rings. The first-order valence-corrected chi connectivity index (χ1v) is 7.12. The summed E-state index contributed by atoms with van der Waals surface area (Å²) in [5.74, 6) is -1.03. The molecule has 0 bridgehead atoms. The van der Waals surface area contributed by atoms with E-state index >= 15 is 0 Å². The largest absolute Gasteiger partial charge is 0.368 e. The van der Waals surface area contributed by atoms with Gasteiger partial charge >= 0.3 is 0 Å². The molecule has 3 rings (SSSR count). The number of primary amides is 1. The summed E-state index contributed by atoms with van der Waals surface area (Å²) in [6.45, 7) is 0. The quantitative estimate of drug-likeness (QED) is 0.945. The maximum Gasteiger partial charge on any atom is 0.242 e. The standard InChI is InChI=1S/C16H13ClFN3O/c17-12-6-2-1-4-10(12)11-5-3-7-13(15(11)18)21-14(16(19)22)8-9-20-21/h1-7,9,14H,8H2,(H2,19,22). The number of amides is 1. The molecule has 4 nitrogen and oxygen atoms in total. The Hall–Kier alpha value is -2.40. The molecular weight excluding hydrogens is 305 g/mol. The molecule has 1 unspecified atom stereocenters. The van der Waals surface area contributed by atoms with Crippen molar-refractivity contribution < 1.29 is 9.18 Å². The number of carbonyl (C=O) groups is 1. The van der Waals surface area contributed by atoms with Gasteiger partial charge in [-0.3, -0.25) is 4.79 Å². The third kappa shape index (κ3) is 2.44. The Morgan fingerprint density at radius 3 is 2.68 bits per heavy atom. The first kappa shape index (κ1) is 14.5. The van der Waals surface area contributed by atoms with E-state index in [2.05, 4.69) is 5.10 Å². The maximum atomic E-state index is 14.9. The molecule has 2 aromatic carbocycles. The Kier molecular flexibility index (Phi) is 3.81. The summed E-state index contributed by atoms with van der Waals surface area (Å²) in [6.07, 6.45) is 1.92. The first-order chi connectivity index (χ1) is 10.6. The second-order valence-corrected chi connectivity index (χ2v) is 5.32. The van der Waals surface area contributed by atoms with Gasteiger partial charge in [0.15, 0.2) is 5.82 Å². The number of rotatable bonds is 3. The SMILES string of the molecule is NC(=O)C1CC=NN1c1cccc(-c2ccccc2Cl)c1F. The normalized spacial score (nSPS) is 17.0. The van der Waals surface area contributed by atoms with E-state index in [9.17, 15) is 9.18 Å². The molecule has 6 heteroatoms. The van der Waals surface area contributed by atoms with Crippen LogP contribution in [0.4, 0.5) is 10.1 Å². The third-order valence-electron chi connectivity index (χ3n) is 3.55. The van der Waals surface area contributed by atoms with Crippen LogP contribution in [0.2, 0.25) is 5.02 Å². The van der Waals surface area contributed by atoms with Gasteiger partial charge in [0.2, 0.25) is 5.91 Å². The minimum absolute atomic E-state index is 0.204. The molecule has 0 radical (unpaired) electrons. The second-order valence-electron chi connectivity index (χ2n) is 4.92. The highest BCUT2D eigenvalue weighted by Crippen LogP contribution is 2.35. The lowest BCUT2D eigenvalue weighted by Crippen LogP contribution is -2.39. The summed E-state index contributed by atoms with van der Waals surface area (Å²) in [6, 6.07) is 11.2. The molecule has 0 aromatic heterocycles. The van der Waals surface area contributed by atoms with Gasteiger partial charge in [-0.25, -0.2) is 9.40 Å². The van der Waals surface area contributed by atoms with Crippen molar-refractivity contribution in [3.63, 3.8) is 0 Å². The van der Waals surface area contributed by atoms with E-state index < -0.39 is 17.8 Å². The van der Waals surface area contributed by atoms with E-state index in [0.29, 0.717) is 22.6 Å². The molecule has 0 saturated carbocycles. The molecule has 0 fully saturated rings. The van der Waals surface area contributed by atoms with E-state index in [1.54, 1.807) is 48.7 Å². The number of hydrogen-bond donors (Lipinski definition) is 1. The summed E-state index contributed by atoms with van der Waals surface area (Å²) < 4.78 is 14.9. The smallest absolute Gasteiger partial charge is 0.242 e. The van der Waals surface area contributed by atoms with Gasteiger partial charge in [0.05, 0.1) is 5.69 Å². The lowest BCUT2D eigenvalue weighted by Gasteiger charge is -2.22. The zero-order valence-corrected chi connectivity index (χ0v) is 12.3. The lowest BCUT2D eigenvalue weighted by atomic mass is 10.0. The van der Waals surface area contributed by atoms with Gasteiger partial charge in [-0.2, -0.15) is 5.10 Å². The van der Waals surface area contributed by atoms with Crippen LogP contribution in [0, 0.1) is 5.82 Å². The Morgan fingerprint density at radius 1 is 1.23 bits per heavy atom. The fourth-order valence-corrected chi connectivity index (χ4v) is 2.70. The minimum Gasteiger partial charge on any atom is -0.368 e. The zero-order chi connectivity index (χ0) is 15.7. The lowest BCUT2D eigenvalue weighted by molar-refractivity contribution is -0.119. The highest BCUT2D eigenvalue weighted by atomic mass is 35.5. The minimum atomic E-state index is -0.670. The van der Waals surface area contributed by atoms with E-state index in [1.807, 2.05) is 0 Å². The summed E-state index contributed by atoms with van der Waals surface area (Å²) in [5.41, 5.74) is 6.49. The molecule has 22 heavy (non-hydrogen) atoms. The van der Waals surface area contributed by atoms with E-state index in [0.717, 1.165) is 0 Å². The highest BCUT2D eigenvalue weighted by molar-refractivity contribution is 6.33. The van der Waals surface area contributed by atoms with Crippen molar-refractivity contribution in [3.05, 3.63) is 53.3 Å². The van der Waals surface area contributed by atoms with Gasteiger partial charge in [-0.1, -0.05) is 41.9 Å². The Labute approximate surface area is 132 Å². The summed E-state index contributed by atoms with van der Waals surface area (Å²) in [4.78, 5) is 11.5. The topological polar surface area (TPSA) is 58.7 Å². The molecule has 1 aliphatic heterocycles. The van der Waals surface area contributed by atoms with Crippen molar-refractivity contribution in [1.82, 2.24) is 0 Å². The molecular formula is C16H13ClFN3O. The Balaban J connectivity index is 2.09. The van der Waals surface area contributed by atoms with Gasteiger partial charge in [0.1, 0.15) is 6.04 Å². The first-order valence-electron chi connectivity index (χ1n) is 6.74. The van der Waals surface area contributed by atoms with Gasteiger partial charge in [0, 0.05) is 28.8 Å². The molecule has 1 heterocycles. The zero-order valence-electron chi connectivity index (χ0n) is 11.5. The van der Waals surface area contributed by atoms with Gasteiger partial charge in [-0.05, 0) is 12.1 Å². The molecule has 112 valence electrons. The number of nitrogens with zero attached hydrogens (tertiary/aromatic N) is 2. The van der Waals surface area contributed by atoms with Gasteiger partial charge < -0.3 is 5.73 Å². The van der Waals surface area contributed by atoms with Crippen LogP contribution in [-0.4, -0.2) is 18.2 Å². The van der Waals surface area contributed by atoms with Crippen LogP contribution in [0.15, 0.2) is 47.6 Å². The van der Waals surface area contributed by atoms with Crippen LogP contribution in [0.25, 0.3) is 11.1 Å². The number of hydrazone groups is 1. The summed E-state index contributed by atoms with van der Waals surface area (Å²) in [7, 11) is 0. The van der Waals surface area contributed by atoms with Crippen molar-refractivity contribution >= 4 is 29.4 Å². The number of nitrogens with two attached hydrogens (primary N) is 1. The third-order valence-corrected chi connectivity index (χ3v) is 3.88. The van der Waals surface area contributed by atoms with Crippen LogP contribution in [0.1, 0.15) is 6.42 Å². The van der Waals surface area contributed by atoms with E-state index in [4.69, 9.17) is 17.3 Å². The summed E-state index contributed by atoms with van der Waals surface area (Å²) in [5, 5.41) is 5.83. The average molecular weight is 318 g/mol. The molecule has 0 aliphatic carbocycles. The molecule has 1 atom stereocenters. The molecule has 0 saturated heterocycles. The Morgan fingerprint density at radius 2 is 1.95 bits per heavy atom. The monoisotopic (exact) mass is 317 g/mol. The fraction of sp³-hybridized carbons (Fsp3) is 0.125. The van der Waals surface area contributed by atoms with Crippen LogP contribution < -0.4 is 10.7 Å². The summed E-state index contributed by atoms with van der Waals surface area (Å²) >= 11 is 6.14. The number of anilines is 1. The fourth-order valence-electron chi connectivity index (χ4n) is 2.47. The van der Waals surface area contributed by atoms with Crippen LogP contribution in [0.3, 0.4) is 0 Å². The van der Waals surface area contributed by atoms with Crippen molar-refractivity contribution in [2.45, 2.75) is 12.5 Å². The van der Waals surface area contributed by atoms with Crippen molar-refractivity contribution in [2.75, 3.05) is 5.01 Å². The maximum absolute atomic E-state index is 14.9. The number of hydrogen-bond acceptors (Lipinski definition) is 3. The van der Waals surface area contributed by atoms with E-state index in [-0.39, 0.29) is 5.69 Å². The van der Waals surface area contributed by atoms with Crippen LogP contribution >= 0.6 is 11.6 Å². The van der Waals surface area contributed by atoms with Crippen LogP contribution in [0.5, 0.6) is 0 Å². The molecule has 2 N–H and O–H groups in total. The predicted molar refractivity (Wildman–Crippen MR) is 85.4 cm³/mol. The predicted octanol–water partition coefficient (Wildman–Crippen LogP) is 3.20. The highest BCUT2D eigenvalue weighted by Gasteiger charge is 2.30. The number of benzene rings is 2. The van der Waals surface area contributed by atoms with Crippen LogP contribution in [-0.2, 0) is 4.79 Å². The van der Waals surface area contributed by atoms with Gasteiger partial charge in [-0.15, -0.1) is 0 Å². The van der Waals surface area contributed by atoms with Crippen molar-refractivity contribution in [3.8, 4) is 11.1 Å². The molecule has 0 spiro atoms. The average Bonchev–Trinajstić information content (AvgIpc) is 2.98. The van der Waals surface area contributed by atoms with Gasteiger partial charge in [0.25, 0.3) is 0 Å². The van der Waals surface area contributed by atoms with Crippen molar-refractivity contribution in [1.29, 1.82) is 0 Å². The molecule has 1 aliphatic rings. The number of halogens is 2. The number of carbonyl (C=O) groups excluding carboxylic acids is 1. The second kappa shape index (κ2) is 5.77.